The highest BCUT2D eigenvalue weighted by atomic mass is 16.5. The van der Waals surface area contributed by atoms with Crippen LogP contribution in [0.1, 0.15) is 17.3 Å². The second-order valence-electron chi connectivity index (χ2n) is 5.27. The molecule has 0 atom stereocenters. The van der Waals surface area contributed by atoms with Gasteiger partial charge in [0.05, 0.1) is 25.4 Å². The normalized spacial score (nSPS) is 14.5. The predicted molar refractivity (Wildman–Crippen MR) is 88.1 cm³/mol. The molecule has 7 heteroatoms. The van der Waals surface area contributed by atoms with Crippen LogP contribution < -0.4 is 4.90 Å². The first-order chi connectivity index (χ1) is 11.7. The summed E-state index contributed by atoms with van der Waals surface area (Å²) in [6.45, 7) is 4.43. The number of phenols is 1. The SMILES string of the molecule is CCOC(=O)c1cnc(-c2ccccc2O)nc1N1CCOCC1. The zero-order valence-electron chi connectivity index (χ0n) is 13.4. The van der Waals surface area contributed by atoms with Crippen molar-refractivity contribution in [3.63, 3.8) is 0 Å². The highest BCUT2D eigenvalue weighted by molar-refractivity contribution is 5.95. The molecule has 7 nitrogen and oxygen atoms in total. The maximum absolute atomic E-state index is 12.2. The fourth-order valence-corrected chi connectivity index (χ4v) is 2.53. The number of carbonyl (C=O) groups excluding carboxylic acids is 1. The molecule has 1 N–H and O–H groups in total. The summed E-state index contributed by atoms with van der Waals surface area (Å²) >= 11 is 0. The standard InChI is InChI=1S/C17H19N3O4/c1-2-24-17(22)13-11-18-15(12-5-3-4-6-14(12)21)19-16(13)20-7-9-23-10-8-20/h3-6,11,21H,2,7-10H2,1H3. The molecule has 2 heterocycles. The van der Waals surface area contributed by atoms with E-state index in [2.05, 4.69) is 9.97 Å². The third-order valence-corrected chi connectivity index (χ3v) is 3.72. The van der Waals surface area contributed by atoms with Crippen LogP contribution in [-0.4, -0.2) is 54.0 Å². The minimum absolute atomic E-state index is 0.0920. The number of anilines is 1. The minimum Gasteiger partial charge on any atom is -0.507 e. The molecule has 0 bridgehead atoms. The van der Waals surface area contributed by atoms with Gasteiger partial charge in [0.2, 0.25) is 0 Å². The fourth-order valence-electron chi connectivity index (χ4n) is 2.53. The number of morpholine rings is 1. The largest absolute Gasteiger partial charge is 0.507 e. The number of hydrogen-bond acceptors (Lipinski definition) is 7. The first-order valence-electron chi connectivity index (χ1n) is 7.86. The van der Waals surface area contributed by atoms with E-state index in [1.165, 1.54) is 6.20 Å². The molecule has 1 aromatic carbocycles. The van der Waals surface area contributed by atoms with E-state index < -0.39 is 5.97 Å². The highest BCUT2D eigenvalue weighted by Crippen LogP contribution is 2.29. The summed E-state index contributed by atoms with van der Waals surface area (Å²) in [6, 6.07) is 6.84. The molecule has 0 aliphatic carbocycles. The molecule has 0 saturated carbocycles. The van der Waals surface area contributed by atoms with Crippen LogP contribution in [0.4, 0.5) is 5.82 Å². The molecule has 1 saturated heterocycles. The summed E-state index contributed by atoms with van der Waals surface area (Å²) in [5.41, 5.74) is 0.834. The van der Waals surface area contributed by atoms with Crippen LogP contribution in [0.15, 0.2) is 30.5 Å². The monoisotopic (exact) mass is 329 g/mol. The van der Waals surface area contributed by atoms with Gasteiger partial charge in [0, 0.05) is 19.3 Å². The first kappa shape index (κ1) is 16.2. The van der Waals surface area contributed by atoms with Crippen LogP contribution in [0.5, 0.6) is 5.75 Å². The summed E-state index contributed by atoms with van der Waals surface area (Å²) < 4.78 is 10.5. The van der Waals surface area contributed by atoms with Gasteiger partial charge in [0.25, 0.3) is 0 Å². The van der Waals surface area contributed by atoms with Crippen LogP contribution in [-0.2, 0) is 9.47 Å². The minimum atomic E-state index is -0.456. The molecule has 24 heavy (non-hydrogen) atoms. The predicted octanol–water partition coefficient (Wildman–Crippen LogP) is 1.86. The molecular formula is C17H19N3O4. The second kappa shape index (κ2) is 7.27. The van der Waals surface area contributed by atoms with Crippen molar-refractivity contribution in [1.29, 1.82) is 0 Å². The van der Waals surface area contributed by atoms with Gasteiger partial charge >= 0.3 is 5.97 Å². The van der Waals surface area contributed by atoms with E-state index >= 15 is 0 Å². The van der Waals surface area contributed by atoms with Gasteiger partial charge < -0.3 is 19.5 Å². The Morgan fingerprint density at radius 1 is 1.33 bits per heavy atom. The summed E-state index contributed by atoms with van der Waals surface area (Å²) in [5.74, 6) is 0.504. The van der Waals surface area contributed by atoms with Crippen molar-refractivity contribution in [3.8, 4) is 17.1 Å². The Morgan fingerprint density at radius 2 is 2.08 bits per heavy atom. The molecule has 3 rings (SSSR count). The lowest BCUT2D eigenvalue weighted by molar-refractivity contribution is 0.0525. The number of esters is 1. The van der Waals surface area contributed by atoms with Crippen molar-refractivity contribution >= 4 is 11.8 Å². The van der Waals surface area contributed by atoms with E-state index in [4.69, 9.17) is 9.47 Å². The lowest BCUT2D eigenvalue weighted by Gasteiger charge is -2.29. The number of phenolic OH excluding ortho intramolecular Hbond substituents is 1. The highest BCUT2D eigenvalue weighted by Gasteiger charge is 2.23. The van der Waals surface area contributed by atoms with Crippen molar-refractivity contribution in [2.24, 2.45) is 0 Å². The van der Waals surface area contributed by atoms with E-state index in [0.29, 0.717) is 49.1 Å². The van der Waals surface area contributed by atoms with Crippen molar-refractivity contribution in [2.45, 2.75) is 6.92 Å². The molecule has 1 aliphatic rings. The molecule has 0 radical (unpaired) electrons. The van der Waals surface area contributed by atoms with Gasteiger partial charge in [-0.3, -0.25) is 0 Å². The smallest absolute Gasteiger partial charge is 0.343 e. The molecule has 0 unspecified atom stereocenters. The quantitative estimate of drug-likeness (QED) is 0.857. The van der Waals surface area contributed by atoms with Crippen LogP contribution in [0.25, 0.3) is 11.4 Å². The fraction of sp³-hybridized carbons (Fsp3) is 0.353. The van der Waals surface area contributed by atoms with Gasteiger partial charge in [0.1, 0.15) is 17.1 Å². The van der Waals surface area contributed by atoms with Crippen molar-refractivity contribution in [1.82, 2.24) is 9.97 Å². The van der Waals surface area contributed by atoms with Crippen molar-refractivity contribution in [2.75, 3.05) is 37.8 Å². The van der Waals surface area contributed by atoms with E-state index in [1.54, 1.807) is 31.2 Å². The van der Waals surface area contributed by atoms with E-state index in [1.807, 2.05) is 4.90 Å². The number of aromatic hydroxyl groups is 1. The molecule has 1 aliphatic heterocycles. The van der Waals surface area contributed by atoms with Gasteiger partial charge in [-0.2, -0.15) is 0 Å². The third kappa shape index (κ3) is 3.30. The topological polar surface area (TPSA) is 84.8 Å². The Kier molecular flexibility index (Phi) is 4.90. The molecule has 0 amide bonds. The third-order valence-electron chi connectivity index (χ3n) is 3.72. The maximum atomic E-state index is 12.2. The summed E-state index contributed by atoms with van der Waals surface area (Å²) in [5, 5.41) is 10.0. The first-order valence-corrected chi connectivity index (χ1v) is 7.86. The van der Waals surface area contributed by atoms with Crippen LogP contribution in [0.2, 0.25) is 0 Å². The average Bonchev–Trinajstić information content (AvgIpc) is 2.62. The lowest BCUT2D eigenvalue weighted by Crippen LogP contribution is -2.38. The summed E-state index contributed by atoms with van der Waals surface area (Å²) in [6.07, 6.45) is 1.46. The zero-order chi connectivity index (χ0) is 16.9. The number of rotatable bonds is 4. The Labute approximate surface area is 139 Å². The van der Waals surface area contributed by atoms with Gasteiger partial charge in [-0.15, -0.1) is 0 Å². The second-order valence-corrected chi connectivity index (χ2v) is 5.27. The van der Waals surface area contributed by atoms with E-state index in [0.717, 1.165) is 0 Å². The number of ether oxygens (including phenoxy) is 2. The average molecular weight is 329 g/mol. The zero-order valence-corrected chi connectivity index (χ0v) is 13.4. The molecule has 1 fully saturated rings. The Bertz CT molecular complexity index is 730. The summed E-state index contributed by atoms with van der Waals surface area (Å²) in [4.78, 5) is 23.0. The van der Waals surface area contributed by atoms with Crippen molar-refractivity contribution in [3.05, 3.63) is 36.0 Å². The van der Waals surface area contributed by atoms with Gasteiger partial charge in [-0.25, -0.2) is 14.8 Å². The molecule has 0 spiro atoms. The van der Waals surface area contributed by atoms with Gasteiger partial charge in [-0.05, 0) is 19.1 Å². The van der Waals surface area contributed by atoms with E-state index in [-0.39, 0.29) is 12.4 Å². The Morgan fingerprint density at radius 3 is 2.79 bits per heavy atom. The number of benzene rings is 1. The Hall–Kier alpha value is -2.67. The maximum Gasteiger partial charge on any atom is 0.343 e. The van der Waals surface area contributed by atoms with Gasteiger partial charge in [0.15, 0.2) is 5.82 Å². The van der Waals surface area contributed by atoms with Crippen LogP contribution in [0, 0.1) is 0 Å². The molecule has 2 aromatic rings. The number of nitrogens with zero attached hydrogens (tertiary/aromatic N) is 3. The molecular weight excluding hydrogens is 310 g/mol. The van der Waals surface area contributed by atoms with Crippen LogP contribution in [0.3, 0.4) is 0 Å². The molecule has 1 aromatic heterocycles. The lowest BCUT2D eigenvalue weighted by atomic mass is 10.1. The van der Waals surface area contributed by atoms with Crippen LogP contribution >= 0.6 is 0 Å². The number of para-hydroxylation sites is 1. The summed E-state index contributed by atoms with van der Waals surface area (Å²) in [7, 11) is 0. The molecule has 126 valence electrons. The van der Waals surface area contributed by atoms with E-state index in [9.17, 15) is 9.90 Å². The number of aromatic nitrogens is 2. The number of carbonyl (C=O) groups is 1. The van der Waals surface area contributed by atoms with Crippen molar-refractivity contribution < 1.29 is 19.4 Å². The Balaban J connectivity index is 2.05. The van der Waals surface area contributed by atoms with Gasteiger partial charge in [-0.1, -0.05) is 12.1 Å². The number of hydrogen-bond donors (Lipinski definition) is 1.